The van der Waals surface area contributed by atoms with Crippen molar-refractivity contribution in [1.29, 1.82) is 0 Å². The highest BCUT2D eigenvalue weighted by Gasteiger charge is 2.52. The molecule has 9 amide bonds. The molecule has 3 saturated heterocycles. The van der Waals surface area contributed by atoms with Crippen LogP contribution in [0.15, 0.2) is 121 Å². The molecule has 3 N–H and O–H groups in total. The fourth-order valence-corrected chi connectivity index (χ4v) is 8.95. The molecule has 3 heterocycles. The average molecular weight is 1030 g/mol. The molecular weight excluding hydrogens is 973 g/mol. The van der Waals surface area contributed by atoms with Crippen LogP contribution in [0.4, 0.5) is 19.2 Å². The van der Waals surface area contributed by atoms with Crippen LogP contribution in [0.2, 0.25) is 0 Å². The fraction of sp³-hybridized carbons (Fsp3) is 0.370. The zero-order valence-corrected chi connectivity index (χ0v) is 42.0. The summed E-state index contributed by atoms with van der Waals surface area (Å²) in [5.41, 5.74) is 1.04. The largest absolute Gasteiger partial charge is 0.459 e. The quantitative estimate of drug-likeness (QED) is 0.0798. The van der Waals surface area contributed by atoms with Gasteiger partial charge in [0.05, 0.1) is 37.4 Å². The van der Waals surface area contributed by atoms with Gasteiger partial charge < -0.3 is 39.6 Å². The van der Waals surface area contributed by atoms with Gasteiger partial charge in [0.15, 0.2) is 18.1 Å². The molecule has 0 spiro atoms. The van der Waals surface area contributed by atoms with Crippen LogP contribution in [0.25, 0.3) is 0 Å². The van der Waals surface area contributed by atoms with Crippen molar-refractivity contribution in [3.63, 3.8) is 0 Å². The van der Waals surface area contributed by atoms with Gasteiger partial charge in [-0.25, -0.2) is 38.7 Å². The van der Waals surface area contributed by atoms with Crippen molar-refractivity contribution in [2.75, 3.05) is 0 Å². The van der Waals surface area contributed by atoms with E-state index in [0.29, 0.717) is 37.0 Å². The van der Waals surface area contributed by atoms with Crippen LogP contribution in [0.5, 0.6) is 0 Å². The van der Waals surface area contributed by atoms with E-state index in [1.807, 2.05) is 0 Å². The van der Waals surface area contributed by atoms with E-state index in [4.69, 9.17) is 23.7 Å². The minimum absolute atomic E-state index is 0.140. The van der Waals surface area contributed by atoms with Gasteiger partial charge in [0.1, 0.15) is 30.5 Å². The lowest BCUT2D eigenvalue weighted by atomic mass is 9.99. The maximum atomic E-state index is 14.5. The van der Waals surface area contributed by atoms with Crippen LogP contribution in [-0.4, -0.2) is 117 Å². The van der Waals surface area contributed by atoms with Crippen molar-refractivity contribution in [2.45, 2.75) is 128 Å². The number of alkyl carbamates (subject to hydrolysis) is 1. The zero-order valence-electron chi connectivity index (χ0n) is 42.0. The Morgan fingerprint density at radius 1 is 0.493 bits per heavy atom. The summed E-state index contributed by atoms with van der Waals surface area (Å²) in [5, 5.41) is 8.16. The van der Waals surface area contributed by atoms with E-state index in [-0.39, 0.29) is 6.61 Å². The second-order valence-corrected chi connectivity index (χ2v) is 19.2. The first kappa shape index (κ1) is 54.2. The number of esters is 1. The third kappa shape index (κ3) is 13.1. The number of imide groups is 3. The van der Waals surface area contributed by atoms with Gasteiger partial charge in [-0.15, -0.1) is 0 Å². The van der Waals surface area contributed by atoms with E-state index in [9.17, 15) is 47.9 Å². The van der Waals surface area contributed by atoms with Gasteiger partial charge in [-0.05, 0) is 63.8 Å². The number of rotatable bonds is 17. The standard InChI is InChI=1S/C54H58N6O15/c1-31-44(47(64)56-39(36-23-15-9-16-24-36)28-43(63)60-46(33(3)74-53(60)70)49(66)71-30-34-19-11-7-12-20-34)58(51(68)72-31)41(61)27-38(35-21-13-8-14-22-35)55-48(65)45-32(2)73-52(69)59(45)42(62)29-40(37-25-17-10-18-26-37)57-50(67)75-54(4,5)6/h7-26,31-33,38-40,44-46H,27-30H2,1-6H3,(H,55,65)(H,56,64)(H,57,67)/t31-,32-,33-,38-,39-,40-,44+,45+,46+/m0/s1. The molecule has 0 bridgehead atoms. The molecular formula is C54H58N6O15. The lowest BCUT2D eigenvalue weighted by Gasteiger charge is -2.29. The lowest BCUT2D eigenvalue weighted by molar-refractivity contribution is -0.154. The Morgan fingerprint density at radius 3 is 1.17 bits per heavy atom. The monoisotopic (exact) mass is 1030 g/mol. The van der Waals surface area contributed by atoms with Crippen LogP contribution in [-0.2, 0) is 59.1 Å². The fourth-order valence-electron chi connectivity index (χ4n) is 8.95. The summed E-state index contributed by atoms with van der Waals surface area (Å²) in [5.74, 6) is -5.50. The smallest absolute Gasteiger partial charge is 0.417 e. The first-order chi connectivity index (χ1) is 35.7. The molecule has 3 fully saturated rings. The number of carbonyl (C=O) groups excluding carboxylic acids is 10. The number of carbonyl (C=O) groups is 10. The van der Waals surface area contributed by atoms with Crippen molar-refractivity contribution < 1.29 is 71.6 Å². The number of hydrogen-bond acceptors (Lipinski definition) is 15. The Morgan fingerprint density at radius 2 is 0.813 bits per heavy atom. The SMILES string of the molecule is C[C@@H]1OC(=O)N(C(=O)C[C@H](NC(=O)OC(C)(C)C)c2ccccc2)[C@H]1C(=O)N[C@@H](CC(=O)N1C(=O)O[C@@H](C)[C@@H]1C(=O)N[C@@H](CC(=O)N1C(=O)O[C@@H](C)[C@@H]1C(=O)OCc1ccccc1)c1ccccc1)c1ccccc1. The highest BCUT2D eigenvalue weighted by molar-refractivity contribution is 6.03. The second kappa shape index (κ2) is 23.5. The van der Waals surface area contributed by atoms with Crippen molar-refractivity contribution in [1.82, 2.24) is 30.7 Å². The number of nitrogens with one attached hydrogen (secondary N) is 3. The van der Waals surface area contributed by atoms with Crippen LogP contribution in [0, 0.1) is 0 Å². The summed E-state index contributed by atoms with van der Waals surface area (Å²) in [6.07, 6.45) is -9.48. The number of hydrogen-bond donors (Lipinski definition) is 3. The van der Waals surface area contributed by atoms with E-state index in [1.165, 1.54) is 20.8 Å². The molecule has 21 heteroatoms. The minimum Gasteiger partial charge on any atom is -0.459 e. The van der Waals surface area contributed by atoms with E-state index in [0.717, 1.165) is 0 Å². The molecule has 3 aliphatic rings. The molecule has 7 rings (SSSR count). The summed E-state index contributed by atoms with van der Waals surface area (Å²) in [7, 11) is 0. The van der Waals surface area contributed by atoms with Crippen molar-refractivity contribution in [3.8, 4) is 0 Å². The molecule has 9 atom stereocenters. The highest BCUT2D eigenvalue weighted by atomic mass is 16.6. The summed E-state index contributed by atoms with van der Waals surface area (Å²) >= 11 is 0. The Bertz CT molecular complexity index is 2780. The number of ether oxygens (including phenoxy) is 5. The van der Waals surface area contributed by atoms with Gasteiger partial charge in [-0.1, -0.05) is 121 Å². The molecule has 394 valence electrons. The average Bonchev–Trinajstić information content (AvgIpc) is 3.98. The molecule has 0 aromatic heterocycles. The molecule has 4 aromatic rings. The number of benzene rings is 4. The van der Waals surface area contributed by atoms with Crippen molar-refractivity contribution in [2.24, 2.45) is 0 Å². The van der Waals surface area contributed by atoms with E-state index in [1.54, 1.807) is 142 Å². The molecule has 4 aromatic carbocycles. The summed E-state index contributed by atoms with van der Waals surface area (Å²) in [4.78, 5) is 140. The van der Waals surface area contributed by atoms with Crippen LogP contribution >= 0.6 is 0 Å². The first-order valence-electron chi connectivity index (χ1n) is 24.2. The van der Waals surface area contributed by atoms with E-state index >= 15 is 0 Å². The number of cyclic esters (lactones) is 3. The molecule has 3 aliphatic heterocycles. The third-order valence-electron chi connectivity index (χ3n) is 12.5. The summed E-state index contributed by atoms with van der Waals surface area (Å²) < 4.78 is 27.0. The number of amides is 9. The molecule has 0 radical (unpaired) electrons. The Balaban J connectivity index is 1.08. The topological polar surface area (TPSA) is 263 Å². The maximum absolute atomic E-state index is 14.5. The van der Waals surface area contributed by atoms with Gasteiger partial charge in [0, 0.05) is 0 Å². The van der Waals surface area contributed by atoms with Crippen LogP contribution in [0.3, 0.4) is 0 Å². The second-order valence-electron chi connectivity index (χ2n) is 19.2. The zero-order chi connectivity index (χ0) is 54.1. The maximum Gasteiger partial charge on any atom is 0.417 e. The molecule has 0 unspecified atom stereocenters. The van der Waals surface area contributed by atoms with Gasteiger partial charge in [-0.3, -0.25) is 24.0 Å². The Kier molecular flexibility index (Phi) is 17.0. The summed E-state index contributed by atoms with van der Waals surface area (Å²) in [6, 6.07) is 25.4. The summed E-state index contributed by atoms with van der Waals surface area (Å²) in [6.45, 7) is 9.09. The molecule has 0 saturated carbocycles. The van der Waals surface area contributed by atoms with Crippen LogP contribution < -0.4 is 16.0 Å². The third-order valence-corrected chi connectivity index (χ3v) is 12.5. The predicted octanol–water partition coefficient (Wildman–Crippen LogP) is 6.09. The lowest BCUT2D eigenvalue weighted by Crippen LogP contribution is -2.53. The minimum atomic E-state index is -1.63. The normalized spacial score (nSPS) is 21.4. The number of nitrogens with zero attached hydrogens (tertiary/aromatic N) is 3. The highest BCUT2D eigenvalue weighted by Crippen LogP contribution is 2.31. The van der Waals surface area contributed by atoms with Gasteiger partial charge >= 0.3 is 30.3 Å². The van der Waals surface area contributed by atoms with E-state index in [2.05, 4.69) is 16.0 Å². The Labute approximate surface area is 432 Å². The first-order valence-corrected chi connectivity index (χ1v) is 24.2. The van der Waals surface area contributed by atoms with Gasteiger partial charge in [-0.2, -0.15) is 0 Å². The van der Waals surface area contributed by atoms with Gasteiger partial charge in [0.2, 0.25) is 29.5 Å². The molecule has 75 heavy (non-hydrogen) atoms. The molecule has 21 nitrogen and oxygen atoms in total. The van der Waals surface area contributed by atoms with Gasteiger partial charge in [0.25, 0.3) is 0 Å². The van der Waals surface area contributed by atoms with E-state index < -0.39 is 139 Å². The Hall–Kier alpha value is -8.62. The van der Waals surface area contributed by atoms with Crippen molar-refractivity contribution in [3.05, 3.63) is 144 Å². The van der Waals surface area contributed by atoms with Crippen LogP contribution in [0.1, 0.15) is 101 Å². The predicted molar refractivity (Wildman–Crippen MR) is 263 cm³/mol. The van der Waals surface area contributed by atoms with Crippen molar-refractivity contribution >= 4 is 59.9 Å². The molecule has 0 aliphatic carbocycles.